The van der Waals surface area contributed by atoms with Crippen molar-refractivity contribution >= 4 is 35.1 Å². The Kier molecular flexibility index (Phi) is 7.45. The summed E-state index contributed by atoms with van der Waals surface area (Å²) in [5.74, 6) is -0.463. The van der Waals surface area contributed by atoms with Crippen molar-refractivity contribution < 1.29 is 9.18 Å². The second-order valence-electron chi connectivity index (χ2n) is 6.80. The third-order valence-electron chi connectivity index (χ3n) is 4.45. The number of hydrogen-bond acceptors (Lipinski definition) is 4. The molecule has 0 unspecified atom stereocenters. The Hall–Kier alpha value is -3.58. The molecule has 0 aliphatic rings. The van der Waals surface area contributed by atoms with E-state index in [0.29, 0.717) is 16.4 Å². The first-order valence-electron chi connectivity index (χ1n) is 9.59. The van der Waals surface area contributed by atoms with E-state index in [9.17, 15) is 9.18 Å². The monoisotopic (exact) mass is 434 g/mol. The van der Waals surface area contributed by atoms with Crippen molar-refractivity contribution in [2.45, 2.75) is 18.7 Å². The minimum atomic E-state index is -0.394. The first-order valence-corrected chi connectivity index (χ1v) is 10.4. The Labute approximate surface area is 185 Å². The Morgan fingerprint density at radius 1 is 1.03 bits per heavy atom. The molecule has 3 aromatic carbocycles. The summed E-state index contributed by atoms with van der Waals surface area (Å²) >= 11 is 1.16. The third kappa shape index (κ3) is 6.20. The van der Waals surface area contributed by atoms with E-state index in [1.54, 1.807) is 6.07 Å². The van der Waals surface area contributed by atoms with E-state index in [4.69, 9.17) is 5.73 Å². The molecule has 31 heavy (non-hydrogen) atoms. The summed E-state index contributed by atoms with van der Waals surface area (Å²) in [5, 5.41) is 2.70. The molecule has 0 bridgehead atoms. The van der Waals surface area contributed by atoms with Gasteiger partial charge in [-0.1, -0.05) is 48.5 Å². The second kappa shape index (κ2) is 10.4. The highest BCUT2D eigenvalue weighted by atomic mass is 32.2. The van der Waals surface area contributed by atoms with E-state index in [0.717, 1.165) is 34.3 Å². The van der Waals surface area contributed by atoms with Crippen LogP contribution in [0.3, 0.4) is 0 Å². The van der Waals surface area contributed by atoms with Gasteiger partial charge in [0.05, 0.1) is 10.6 Å². The highest BCUT2D eigenvalue weighted by Gasteiger charge is 2.08. The van der Waals surface area contributed by atoms with Crippen LogP contribution in [0.2, 0.25) is 0 Å². The number of nitrogens with two attached hydrogens (primary N) is 1. The molecule has 0 radical (unpaired) electrons. The number of amides is 1. The van der Waals surface area contributed by atoms with Crippen LogP contribution in [0.4, 0.5) is 15.8 Å². The molecule has 0 aromatic heterocycles. The van der Waals surface area contributed by atoms with Crippen LogP contribution in [0.15, 0.2) is 88.9 Å². The largest absolute Gasteiger partial charge is 0.383 e. The van der Waals surface area contributed by atoms with Crippen molar-refractivity contribution in [2.24, 2.45) is 10.7 Å². The molecule has 1 amide bonds. The molecule has 0 saturated carbocycles. The molecule has 0 fully saturated rings. The topological polar surface area (TPSA) is 79.5 Å². The van der Waals surface area contributed by atoms with E-state index in [1.807, 2.05) is 62.4 Å². The molecule has 0 spiro atoms. The van der Waals surface area contributed by atoms with Crippen molar-refractivity contribution in [3.63, 3.8) is 0 Å². The smallest absolute Gasteiger partial charge is 0.249 e. The SMILES string of the molecule is Cc1cccc(C)c1NSc1cc(NC(=O)/C=C/N=C(N)c2ccccc2)ccc1F. The molecule has 4 N–H and O–H groups in total. The molecular formula is C24H23FN4OS. The minimum absolute atomic E-state index is 0.308. The van der Waals surface area contributed by atoms with Crippen molar-refractivity contribution in [1.29, 1.82) is 0 Å². The molecule has 5 nitrogen and oxygen atoms in total. The lowest BCUT2D eigenvalue weighted by atomic mass is 10.1. The maximum atomic E-state index is 14.2. The molecule has 3 rings (SSSR count). The maximum Gasteiger partial charge on any atom is 0.249 e. The number of amidine groups is 1. The highest BCUT2D eigenvalue weighted by molar-refractivity contribution is 8.00. The first kappa shape index (κ1) is 22.1. The van der Waals surface area contributed by atoms with Crippen LogP contribution in [0.1, 0.15) is 16.7 Å². The highest BCUT2D eigenvalue weighted by Crippen LogP contribution is 2.29. The van der Waals surface area contributed by atoms with Gasteiger partial charge in [0.1, 0.15) is 11.7 Å². The zero-order valence-corrected chi connectivity index (χ0v) is 18.0. The molecule has 0 saturated heterocycles. The number of nitrogens with one attached hydrogen (secondary N) is 2. The van der Waals surface area contributed by atoms with Crippen LogP contribution in [0.5, 0.6) is 0 Å². The van der Waals surface area contributed by atoms with E-state index >= 15 is 0 Å². The summed E-state index contributed by atoms with van der Waals surface area (Å²) in [6.07, 6.45) is 2.60. The fourth-order valence-electron chi connectivity index (χ4n) is 2.79. The molecule has 158 valence electrons. The number of halogens is 1. The van der Waals surface area contributed by atoms with Gasteiger partial charge in [-0.05, 0) is 55.1 Å². The van der Waals surface area contributed by atoms with Gasteiger partial charge in [0.25, 0.3) is 0 Å². The van der Waals surface area contributed by atoms with Gasteiger partial charge in [-0.2, -0.15) is 0 Å². The number of anilines is 2. The average Bonchev–Trinajstić information content (AvgIpc) is 2.76. The zero-order valence-electron chi connectivity index (χ0n) is 17.2. The minimum Gasteiger partial charge on any atom is -0.383 e. The van der Waals surface area contributed by atoms with Crippen molar-refractivity contribution in [3.05, 3.63) is 102 Å². The van der Waals surface area contributed by atoms with Gasteiger partial charge in [0.2, 0.25) is 5.91 Å². The van der Waals surface area contributed by atoms with E-state index < -0.39 is 5.91 Å². The Morgan fingerprint density at radius 2 is 1.74 bits per heavy atom. The van der Waals surface area contributed by atoms with E-state index in [2.05, 4.69) is 15.0 Å². The molecule has 0 heterocycles. The van der Waals surface area contributed by atoms with Crippen LogP contribution < -0.4 is 15.8 Å². The average molecular weight is 435 g/mol. The van der Waals surface area contributed by atoms with Crippen LogP contribution in [0, 0.1) is 19.7 Å². The summed E-state index contributed by atoms with van der Waals surface area (Å²) in [4.78, 5) is 16.6. The van der Waals surface area contributed by atoms with Crippen molar-refractivity contribution in [2.75, 3.05) is 10.0 Å². The molecule has 0 aliphatic heterocycles. The third-order valence-corrected chi connectivity index (χ3v) is 5.29. The van der Waals surface area contributed by atoms with E-state index in [-0.39, 0.29) is 5.82 Å². The van der Waals surface area contributed by atoms with Crippen LogP contribution in [-0.2, 0) is 4.79 Å². The second-order valence-corrected chi connectivity index (χ2v) is 7.65. The van der Waals surface area contributed by atoms with Crippen molar-refractivity contribution in [1.82, 2.24) is 0 Å². The molecule has 0 aliphatic carbocycles. The number of aliphatic imine (C=N–C) groups is 1. The summed E-state index contributed by atoms with van der Waals surface area (Å²) in [6, 6.07) is 19.6. The lowest BCUT2D eigenvalue weighted by Crippen LogP contribution is -2.12. The maximum absolute atomic E-state index is 14.2. The zero-order chi connectivity index (χ0) is 22.2. The fourth-order valence-corrected chi connectivity index (χ4v) is 3.68. The predicted octanol–water partition coefficient (Wildman–Crippen LogP) is 5.42. The fraction of sp³-hybridized carbons (Fsp3) is 0.0833. The van der Waals surface area contributed by atoms with Gasteiger partial charge >= 0.3 is 0 Å². The van der Waals surface area contributed by atoms with Crippen LogP contribution in [-0.4, -0.2) is 11.7 Å². The van der Waals surface area contributed by atoms with Gasteiger partial charge in [-0.3, -0.25) is 4.79 Å². The number of nitrogens with zero attached hydrogens (tertiary/aromatic N) is 1. The standard InChI is InChI=1S/C24H23FN4OS/c1-16-7-6-8-17(2)23(16)29-31-21-15-19(11-12-20(21)25)28-22(30)13-14-27-24(26)18-9-4-3-5-10-18/h3-15,29H,1-2H3,(H2,26,27)(H,28,30)/b14-13+. The Bertz CT molecular complexity index is 1110. The summed E-state index contributed by atoms with van der Waals surface area (Å²) < 4.78 is 17.4. The Balaban J connectivity index is 1.64. The Morgan fingerprint density at radius 3 is 2.45 bits per heavy atom. The van der Waals surface area contributed by atoms with Gasteiger partial charge in [0.15, 0.2) is 0 Å². The van der Waals surface area contributed by atoms with Gasteiger partial charge < -0.3 is 15.8 Å². The number of aryl methyl sites for hydroxylation is 2. The lowest BCUT2D eigenvalue weighted by Gasteiger charge is -2.13. The van der Waals surface area contributed by atoms with Crippen LogP contribution in [0.25, 0.3) is 0 Å². The number of para-hydroxylation sites is 1. The molecule has 7 heteroatoms. The molecule has 0 atom stereocenters. The first-order chi connectivity index (χ1) is 14.9. The lowest BCUT2D eigenvalue weighted by molar-refractivity contribution is -0.111. The summed E-state index contributed by atoms with van der Waals surface area (Å²) in [6.45, 7) is 3.98. The number of rotatable bonds is 7. The number of benzene rings is 3. The summed E-state index contributed by atoms with van der Waals surface area (Å²) in [5.41, 5.74) is 10.2. The number of carbonyl (C=O) groups excluding carboxylic acids is 1. The van der Waals surface area contributed by atoms with Crippen molar-refractivity contribution in [3.8, 4) is 0 Å². The predicted molar refractivity (Wildman–Crippen MR) is 127 cm³/mol. The number of hydrogen-bond donors (Lipinski definition) is 3. The van der Waals surface area contributed by atoms with Crippen LogP contribution >= 0.6 is 11.9 Å². The number of carbonyl (C=O) groups is 1. The van der Waals surface area contributed by atoms with Gasteiger partial charge in [-0.25, -0.2) is 9.38 Å². The van der Waals surface area contributed by atoms with Gasteiger partial charge in [-0.15, -0.1) is 0 Å². The van der Waals surface area contributed by atoms with Gasteiger partial charge in [0, 0.05) is 23.5 Å². The quantitative estimate of drug-likeness (QED) is 0.201. The molecular weight excluding hydrogens is 411 g/mol. The normalized spacial score (nSPS) is 11.5. The van der Waals surface area contributed by atoms with E-state index in [1.165, 1.54) is 24.4 Å². The summed E-state index contributed by atoms with van der Waals surface area (Å²) in [7, 11) is 0. The molecule has 3 aromatic rings.